The molecule has 0 spiro atoms. The number of hydrogen-bond acceptors (Lipinski definition) is 9. The number of benzene rings is 2. The summed E-state index contributed by atoms with van der Waals surface area (Å²) in [6.45, 7) is 3.69. The normalized spacial score (nSPS) is 23.5. The molecule has 0 unspecified atom stereocenters. The molecule has 2 aromatic rings. The van der Waals surface area contributed by atoms with Crippen LogP contribution in [0.25, 0.3) is 0 Å². The van der Waals surface area contributed by atoms with Gasteiger partial charge in [-0.1, -0.05) is 26.0 Å². The second-order valence-corrected chi connectivity index (χ2v) is 13.3. The number of nitrogens with zero attached hydrogens (tertiary/aromatic N) is 2. The summed E-state index contributed by atoms with van der Waals surface area (Å²) >= 11 is 0. The molecule has 0 radical (unpaired) electrons. The van der Waals surface area contributed by atoms with Gasteiger partial charge < -0.3 is 34.3 Å². The number of carbonyl (C=O) groups is 1. The van der Waals surface area contributed by atoms with Crippen molar-refractivity contribution in [2.24, 2.45) is 11.8 Å². The molecule has 3 N–H and O–H groups in total. The number of aliphatic hydroxyl groups is 2. The number of ether oxygens (including phenoxy) is 4. The summed E-state index contributed by atoms with van der Waals surface area (Å²) in [4.78, 5) is 14.2. The Hall–Kier alpha value is -2.94. The van der Waals surface area contributed by atoms with Gasteiger partial charge in [0.2, 0.25) is 10.0 Å². The van der Waals surface area contributed by atoms with E-state index >= 15 is 0 Å². The molecular weight excluding hydrogens is 580 g/mol. The number of rotatable bonds is 13. The van der Waals surface area contributed by atoms with E-state index in [4.69, 9.17) is 18.9 Å². The van der Waals surface area contributed by atoms with Crippen molar-refractivity contribution in [1.82, 2.24) is 9.21 Å². The second-order valence-electron chi connectivity index (χ2n) is 11.3. The Labute approximate surface area is 252 Å². The van der Waals surface area contributed by atoms with Crippen molar-refractivity contribution in [2.75, 3.05) is 40.5 Å². The van der Waals surface area contributed by atoms with E-state index in [0.29, 0.717) is 11.5 Å². The maximum absolute atomic E-state index is 13.8. The first-order chi connectivity index (χ1) is 20.5. The largest absolute Gasteiger partial charge is 0.497 e. The summed E-state index contributed by atoms with van der Waals surface area (Å²) in [6, 6.07) is 11.2. The van der Waals surface area contributed by atoms with Gasteiger partial charge in [0.1, 0.15) is 11.5 Å². The van der Waals surface area contributed by atoms with Crippen molar-refractivity contribution >= 4 is 16.1 Å². The van der Waals surface area contributed by atoms with Gasteiger partial charge in [-0.15, -0.1) is 0 Å². The highest BCUT2D eigenvalue weighted by molar-refractivity contribution is 7.89. The molecule has 2 heterocycles. The highest BCUT2D eigenvalue weighted by atomic mass is 32.2. The number of fused-ring (bicyclic) bond motifs is 1. The van der Waals surface area contributed by atoms with Gasteiger partial charge in [0.15, 0.2) is 6.29 Å². The molecule has 238 valence electrons. The van der Waals surface area contributed by atoms with E-state index in [1.807, 2.05) is 13.8 Å². The second kappa shape index (κ2) is 14.2. The Morgan fingerprint density at radius 3 is 2.16 bits per heavy atom. The molecule has 6 atom stereocenters. The lowest BCUT2D eigenvalue weighted by molar-refractivity contribution is -0.175. The number of amides is 1. The van der Waals surface area contributed by atoms with E-state index in [2.05, 4.69) is 0 Å². The quantitative estimate of drug-likeness (QED) is 0.303. The van der Waals surface area contributed by atoms with Gasteiger partial charge in [-0.2, -0.15) is 4.31 Å². The van der Waals surface area contributed by atoms with Crippen LogP contribution in [0.15, 0.2) is 53.4 Å². The molecule has 13 heteroatoms. The van der Waals surface area contributed by atoms with Crippen LogP contribution in [-0.2, 0) is 25.9 Å². The third kappa shape index (κ3) is 7.59. The highest BCUT2D eigenvalue weighted by Gasteiger charge is 2.50. The number of sulfonamides is 1. The molecule has 1 amide bonds. The minimum Gasteiger partial charge on any atom is -0.497 e. The van der Waals surface area contributed by atoms with E-state index in [-0.39, 0.29) is 50.0 Å². The van der Waals surface area contributed by atoms with E-state index in [9.17, 15) is 28.5 Å². The first kappa shape index (κ1) is 33.0. The van der Waals surface area contributed by atoms with Crippen LogP contribution in [0.4, 0.5) is 4.79 Å². The molecule has 4 rings (SSSR count). The summed E-state index contributed by atoms with van der Waals surface area (Å²) in [5.74, 6) is 0.366. The number of methoxy groups -OCH3 is 2. The summed E-state index contributed by atoms with van der Waals surface area (Å²) < 4.78 is 50.5. The summed E-state index contributed by atoms with van der Waals surface area (Å²) in [6.07, 6.45) is -4.09. The van der Waals surface area contributed by atoms with E-state index in [0.717, 1.165) is 5.56 Å². The zero-order valence-electron chi connectivity index (χ0n) is 24.9. The van der Waals surface area contributed by atoms with Gasteiger partial charge >= 0.3 is 6.09 Å². The first-order valence-corrected chi connectivity index (χ1v) is 15.8. The average molecular weight is 623 g/mol. The first-order valence-electron chi connectivity index (χ1n) is 14.3. The monoisotopic (exact) mass is 622 g/mol. The van der Waals surface area contributed by atoms with Gasteiger partial charge in [-0.3, -0.25) is 4.90 Å². The Kier molecular flexibility index (Phi) is 10.9. The highest BCUT2D eigenvalue weighted by Crippen LogP contribution is 2.36. The van der Waals surface area contributed by atoms with E-state index in [1.54, 1.807) is 36.4 Å². The van der Waals surface area contributed by atoms with Crippen LogP contribution in [0.1, 0.15) is 25.8 Å². The van der Waals surface area contributed by atoms with E-state index < -0.39 is 52.6 Å². The average Bonchev–Trinajstić information content (AvgIpc) is 3.37. The zero-order chi connectivity index (χ0) is 31.3. The summed E-state index contributed by atoms with van der Waals surface area (Å²) in [5, 5.41) is 33.1. The Morgan fingerprint density at radius 2 is 1.60 bits per heavy atom. The maximum atomic E-state index is 13.8. The fraction of sp³-hybridized carbons (Fsp3) is 0.567. The topological polar surface area (TPSA) is 155 Å². The molecule has 2 aliphatic heterocycles. The molecule has 2 fully saturated rings. The van der Waals surface area contributed by atoms with Crippen molar-refractivity contribution in [2.45, 2.75) is 62.2 Å². The maximum Gasteiger partial charge on any atom is 0.407 e. The Bertz CT molecular complexity index is 1300. The van der Waals surface area contributed by atoms with Crippen LogP contribution in [0.3, 0.4) is 0 Å². The molecule has 0 bridgehead atoms. The molecule has 0 saturated carbocycles. The minimum atomic E-state index is -4.07. The van der Waals surface area contributed by atoms with Crippen LogP contribution < -0.4 is 9.47 Å². The van der Waals surface area contributed by atoms with Gasteiger partial charge in [-0.05, 0) is 60.7 Å². The van der Waals surface area contributed by atoms with Crippen molar-refractivity contribution in [1.29, 1.82) is 0 Å². The van der Waals surface area contributed by atoms with Crippen LogP contribution in [0.5, 0.6) is 11.5 Å². The molecule has 12 nitrogen and oxygen atoms in total. The number of hydrogen-bond donors (Lipinski definition) is 3. The van der Waals surface area contributed by atoms with Crippen LogP contribution in [0.2, 0.25) is 0 Å². The third-order valence-corrected chi connectivity index (χ3v) is 9.82. The lowest BCUT2D eigenvalue weighted by atomic mass is 9.87. The van der Waals surface area contributed by atoms with Crippen molar-refractivity contribution in [3.8, 4) is 11.5 Å². The van der Waals surface area contributed by atoms with Crippen molar-refractivity contribution in [3.63, 3.8) is 0 Å². The Balaban J connectivity index is 1.71. The molecule has 2 saturated heterocycles. The third-order valence-electron chi connectivity index (χ3n) is 7.97. The number of aliphatic hydroxyl groups excluding tert-OH is 2. The van der Waals surface area contributed by atoms with Crippen molar-refractivity contribution in [3.05, 3.63) is 54.1 Å². The smallest absolute Gasteiger partial charge is 0.407 e. The lowest BCUT2D eigenvalue weighted by Crippen LogP contribution is -2.61. The van der Waals surface area contributed by atoms with Gasteiger partial charge in [-0.25, -0.2) is 13.2 Å². The Morgan fingerprint density at radius 1 is 1.00 bits per heavy atom. The standard InChI is InChI=1S/C30H42N2O10S/c1-19(2)16-31(43(37,38)23-11-9-22(40-4)10-12-23)17-26(33)25(15-20-5-7-21(39-3)8-6-20)32(30(35)36)24-13-14-41-29-28(24)27(34)18-42-29/h5-12,19,24-29,33-34H,13-18H2,1-4H3,(H,35,36)/t24-,25-,26+,27-,28-,29-/m0/s1. The van der Waals surface area contributed by atoms with Gasteiger partial charge in [0, 0.05) is 19.1 Å². The van der Waals surface area contributed by atoms with Crippen LogP contribution in [-0.4, -0.2) is 110 Å². The van der Waals surface area contributed by atoms with Gasteiger partial charge in [0.25, 0.3) is 0 Å². The molecular formula is C30H42N2O10S. The van der Waals surface area contributed by atoms with Gasteiger partial charge in [0.05, 0.1) is 56.5 Å². The molecule has 0 aromatic heterocycles. The fourth-order valence-electron chi connectivity index (χ4n) is 5.87. The molecule has 0 aliphatic carbocycles. The molecule has 43 heavy (non-hydrogen) atoms. The van der Waals surface area contributed by atoms with E-state index in [1.165, 1.54) is 35.6 Å². The minimum absolute atomic E-state index is 0.00721. The zero-order valence-corrected chi connectivity index (χ0v) is 25.7. The molecule has 2 aromatic carbocycles. The predicted octanol–water partition coefficient (Wildman–Crippen LogP) is 2.43. The SMILES string of the molecule is COc1ccc(C[C@@H]([C@H](O)CN(CC(C)C)S(=O)(=O)c2ccc(OC)cc2)N(C(=O)O)[C@H]2CCO[C@H]3OC[C@H](O)[C@@H]32)cc1. The molecule has 2 aliphatic rings. The summed E-state index contributed by atoms with van der Waals surface area (Å²) in [7, 11) is -1.05. The van der Waals surface area contributed by atoms with Crippen LogP contribution in [0, 0.1) is 11.8 Å². The van der Waals surface area contributed by atoms with Crippen molar-refractivity contribution < 1.29 is 47.5 Å². The predicted molar refractivity (Wildman–Crippen MR) is 157 cm³/mol. The number of carboxylic acid groups (broad SMARTS) is 1. The summed E-state index contributed by atoms with van der Waals surface area (Å²) in [5.41, 5.74) is 0.719. The fourth-order valence-corrected chi connectivity index (χ4v) is 7.50. The lowest BCUT2D eigenvalue weighted by Gasteiger charge is -2.45. The van der Waals surface area contributed by atoms with Crippen LogP contribution >= 0.6 is 0 Å².